The number of carbonyl (C=O) groups excluding carboxylic acids is 1. The van der Waals surface area contributed by atoms with E-state index in [0.29, 0.717) is 0 Å². The van der Waals surface area contributed by atoms with E-state index in [1.807, 2.05) is 30.6 Å². The molecule has 0 atom stereocenters. The fourth-order valence-corrected chi connectivity index (χ4v) is 0.342. The Morgan fingerprint density at radius 2 is 1.54 bits per heavy atom. The molecule has 1 heterocycles. The van der Waals surface area contributed by atoms with Gasteiger partial charge < -0.3 is 9.90 Å². The number of hydrogen-bond acceptors (Lipinski definition) is 3. The van der Waals surface area contributed by atoms with Crippen molar-refractivity contribution in [1.29, 1.82) is 0 Å². The molecule has 0 aliphatic heterocycles. The standard InChI is InChI=1S/C5H5N.CH2O2.HO3P/c1-2-4-6-5-3-1;2-1-3;1-4(2)3/h1-5H;1H,(H,2,3);(H-,1,2,3)/p+1. The van der Waals surface area contributed by atoms with Crippen molar-refractivity contribution >= 4 is 14.7 Å². The van der Waals surface area contributed by atoms with Gasteiger partial charge in [0.05, 0.1) is 0 Å². The molecule has 0 spiro atoms. The van der Waals surface area contributed by atoms with Crippen molar-refractivity contribution in [3.63, 3.8) is 0 Å². The van der Waals surface area contributed by atoms with Gasteiger partial charge in [0.15, 0.2) is 12.4 Å². The van der Waals surface area contributed by atoms with E-state index in [4.69, 9.17) is 24.3 Å². The van der Waals surface area contributed by atoms with Crippen LogP contribution in [0.1, 0.15) is 0 Å². The van der Waals surface area contributed by atoms with E-state index >= 15 is 0 Å². The van der Waals surface area contributed by atoms with Gasteiger partial charge in [-0.25, -0.2) is 4.98 Å². The van der Waals surface area contributed by atoms with E-state index in [9.17, 15) is 0 Å². The fraction of sp³-hybridized carbons (Fsp3) is 0. The van der Waals surface area contributed by atoms with Crippen LogP contribution in [0, 0.1) is 0 Å². The Bertz CT molecular complexity index is 187. The molecule has 0 fully saturated rings. The summed E-state index contributed by atoms with van der Waals surface area (Å²) in [6.07, 6.45) is 3.75. The second-order valence-corrected chi connectivity index (χ2v) is 1.93. The van der Waals surface area contributed by atoms with Crippen LogP contribution in [-0.2, 0) is 9.36 Å². The quantitative estimate of drug-likeness (QED) is 0.396. The molecular weight excluding hydrogens is 197 g/mol. The van der Waals surface area contributed by atoms with Crippen LogP contribution in [0.25, 0.3) is 0 Å². The van der Waals surface area contributed by atoms with Crippen LogP contribution in [-0.4, -0.2) is 16.3 Å². The number of carboxylic acid groups (broad SMARTS) is 1. The van der Waals surface area contributed by atoms with Crippen LogP contribution >= 0.6 is 8.25 Å². The van der Waals surface area contributed by atoms with E-state index in [-0.39, 0.29) is 0 Å². The molecule has 0 saturated heterocycles. The minimum atomic E-state index is -2.87. The smallest absolute Gasteiger partial charge is 0.554 e. The van der Waals surface area contributed by atoms with E-state index in [1.54, 1.807) is 0 Å². The number of hydrogen-bond donors (Lipinski definition) is 2. The van der Waals surface area contributed by atoms with Crippen LogP contribution in [0.4, 0.5) is 0 Å². The monoisotopic (exact) mass is 206 g/mol. The SMILES string of the molecule is O=C[O-].O=[P+](O)O.c1cc[nH+]cc1. The summed E-state index contributed by atoms with van der Waals surface area (Å²) in [5.41, 5.74) is 0. The van der Waals surface area contributed by atoms with Crippen molar-refractivity contribution in [1.82, 2.24) is 0 Å². The third-order valence-corrected chi connectivity index (χ3v) is 0.607. The molecule has 13 heavy (non-hydrogen) atoms. The first kappa shape index (κ1) is 14.2. The van der Waals surface area contributed by atoms with Crippen molar-refractivity contribution in [3.8, 4) is 0 Å². The summed E-state index contributed by atoms with van der Waals surface area (Å²) in [5.74, 6) is 0. The highest BCUT2D eigenvalue weighted by molar-refractivity contribution is 7.30. The summed E-state index contributed by atoms with van der Waals surface area (Å²) >= 11 is 0. The number of rotatable bonds is 0. The predicted octanol–water partition coefficient (Wildman–Crippen LogP) is -1.50. The molecule has 0 amide bonds. The first-order valence-electron chi connectivity index (χ1n) is 2.96. The molecule has 0 radical (unpaired) electrons. The van der Waals surface area contributed by atoms with Gasteiger partial charge in [-0.15, -0.1) is 9.79 Å². The highest BCUT2D eigenvalue weighted by Gasteiger charge is 1.93. The Kier molecular flexibility index (Phi) is 14.4. The summed E-state index contributed by atoms with van der Waals surface area (Å²) in [6, 6.07) is 5.86. The summed E-state index contributed by atoms with van der Waals surface area (Å²) in [5, 5.41) is 8.25. The van der Waals surface area contributed by atoms with Gasteiger partial charge in [0, 0.05) is 23.2 Å². The van der Waals surface area contributed by atoms with Crippen LogP contribution < -0.4 is 10.1 Å². The van der Waals surface area contributed by atoms with E-state index in [1.165, 1.54) is 0 Å². The molecule has 0 saturated carbocycles. The zero-order valence-electron chi connectivity index (χ0n) is 6.53. The average molecular weight is 206 g/mol. The number of pyridine rings is 1. The number of carbonyl (C=O) groups is 1. The Morgan fingerprint density at radius 3 is 1.62 bits per heavy atom. The van der Waals surface area contributed by atoms with Crippen LogP contribution in [0.5, 0.6) is 0 Å². The zero-order valence-corrected chi connectivity index (χ0v) is 7.42. The van der Waals surface area contributed by atoms with Crippen molar-refractivity contribution in [3.05, 3.63) is 30.6 Å². The first-order chi connectivity index (χ1) is 6.15. The molecule has 7 heteroatoms. The molecule has 1 aromatic rings. The van der Waals surface area contributed by atoms with Gasteiger partial charge in [0.2, 0.25) is 0 Å². The third kappa shape index (κ3) is 36.9. The summed E-state index contributed by atoms with van der Waals surface area (Å²) < 4.78 is 8.70. The molecule has 1 rings (SSSR count). The lowest BCUT2D eigenvalue weighted by molar-refractivity contribution is -0.377. The Balaban J connectivity index is 0. The molecule has 0 aliphatic carbocycles. The van der Waals surface area contributed by atoms with E-state index < -0.39 is 14.7 Å². The molecular formula is C6H9NO5P+. The molecule has 0 bridgehead atoms. The molecule has 0 aliphatic rings. The summed E-state index contributed by atoms with van der Waals surface area (Å²) in [4.78, 5) is 25.4. The predicted molar refractivity (Wildman–Crippen MR) is 41.1 cm³/mol. The number of aromatic nitrogens is 1. The van der Waals surface area contributed by atoms with Gasteiger partial charge in [-0.05, 0) is 0 Å². The van der Waals surface area contributed by atoms with Crippen LogP contribution in [0.2, 0.25) is 0 Å². The number of H-pyrrole nitrogens is 1. The van der Waals surface area contributed by atoms with Gasteiger partial charge >= 0.3 is 8.25 Å². The number of aromatic amines is 1. The highest BCUT2D eigenvalue weighted by atomic mass is 31.1. The summed E-state index contributed by atoms with van der Waals surface area (Å²) in [7, 11) is -2.87. The fourth-order valence-electron chi connectivity index (χ4n) is 0.342. The molecule has 0 unspecified atom stereocenters. The minimum absolute atomic E-state index is 0.500. The first-order valence-corrected chi connectivity index (χ1v) is 4.13. The highest BCUT2D eigenvalue weighted by Crippen LogP contribution is 1.98. The maximum atomic E-state index is 8.70. The zero-order chi connectivity index (χ0) is 10.5. The van der Waals surface area contributed by atoms with Crippen molar-refractivity contribution in [2.45, 2.75) is 0 Å². The molecule has 1 aromatic heterocycles. The molecule has 6 nitrogen and oxygen atoms in total. The number of nitrogens with one attached hydrogen (secondary N) is 1. The van der Waals surface area contributed by atoms with Crippen LogP contribution in [0.3, 0.4) is 0 Å². The Morgan fingerprint density at radius 1 is 1.23 bits per heavy atom. The van der Waals surface area contributed by atoms with Crippen LogP contribution in [0.15, 0.2) is 30.6 Å². The minimum Gasteiger partial charge on any atom is -0.554 e. The maximum absolute atomic E-state index is 8.70. The van der Waals surface area contributed by atoms with Gasteiger partial charge in [-0.1, -0.05) is 6.07 Å². The van der Waals surface area contributed by atoms with Crippen molar-refractivity contribution in [2.75, 3.05) is 0 Å². The topological polar surface area (TPSA) is 112 Å². The normalized spacial score (nSPS) is 6.62. The molecule has 0 aromatic carbocycles. The molecule has 3 N–H and O–H groups in total. The van der Waals surface area contributed by atoms with Gasteiger partial charge in [0.25, 0.3) is 0 Å². The molecule has 72 valence electrons. The lowest BCUT2D eigenvalue weighted by Gasteiger charge is -1.63. The maximum Gasteiger partial charge on any atom is 0.692 e. The lowest BCUT2D eigenvalue weighted by atomic mass is 10.5. The van der Waals surface area contributed by atoms with Crippen molar-refractivity contribution in [2.24, 2.45) is 0 Å². The van der Waals surface area contributed by atoms with Gasteiger partial charge in [0.1, 0.15) is 0 Å². The Labute approximate surface area is 75.4 Å². The van der Waals surface area contributed by atoms with Gasteiger partial charge in [-0.2, -0.15) is 0 Å². The Hall–Kier alpha value is -1.36. The summed E-state index contributed by atoms with van der Waals surface area (Å²) in [6.45, 7) is -0.500. The van der Waals surface area contributed by atoms with E-state index in [2.05, 4.69) is 4.98 Å². The largest absolute Gasteiger partial charge is 0.692 e. The van der Waals surface area contributed by atoms with E-state index in [0.717, 1.165) is 0 Å². The average Bonchev–Trinajstić information content (AvgIpc) is 2.08. The van der Waals surface area contributed by atoms with Gasteiger partial charge in [-0.3, -0.25) is 0 Å². The second kappa shape index (κ2) is 13.2. The lowest BCUT2D eigenvalue weighted by Crippen LogP contribution is -2.01. The third-order valence-electron chi connectivity index (χ3n) is 0.607. The second-order valence-electron chi connectivity index (χ2n) is 1.43. The van der Waals surface area contributed by atoms with Crippen molar-refractivity contribution < 1.29 is 29.2 Å².